The van der Waals surface area contributed by atoms with Crippen LogP contribution in [0.15, 0.2) is 194 Å². The Morgan fingerprint density at radius 2 is 1.02 bits per heavy atom. The Balaban J connectivity index is 1.15. The first-order valence-electron chi connectivity index (χ1n) is 22.9. The molecule has 2 aliphatic rings. The maximum absolute atomic E-state index is 7.50. The number of ether oxygens (including phenoxy) is 7. The summed E-state index contributed by atoms with van der Waals surface area (Å²) in [6, 6.07) is 62.7. The quantitative estimate of drug-likeness (QED) is 0.0556. The summed E-state index contributed by atoms with van der Waals surface area (Å²) in [6.07, 6.45) is 0.0704. The van der Waals surface area contributed by atoms with E-state index < -0.39 is 51.4 Å². The Kier molecular flexibility index (Phi) is 17.1. The third-order valence-corrected chi connectivity index (χ3v) is 19.9. The van der Waals surface area contributed by atoms with Crippen molar-refractivity contribution in [2.45, 2.75) is 93.5 Å². The van der Waals surface area contributed by atoms with Gasteiger partial charge in [-0.3, -0.25) is 0 Å². The predicted octanol–water partition coefficient (Wildman–Crippen LogP) is 8.81. The number of hydrogen-bond acceptors (Lipinski definition) is 8. The zero-order valence-electron chi connectivity index (χ0n) is 38.3. The number of rotatable bonds is 20. The van der Waals surface area contributed by atoms with Crippen molar-refractivity contribution >= 4 is 38.1 Å². The zero-order valence-corrected chi connectivity index (χ0v) is 41.0. The fourth-order valence-electron chi connectivity index (χ4n) is 8.84. The van der Waals surface area contributed by atoms with Crippen molar-refractivity contribution in [3.8, 4) is 0 Å². The van der Waals surface area contributed by atoms with E-state index in [4.69, 9.17) is 37.6 Å². The SMILES string of the molecule is CO[C@@H]1C=C[C@H](O[C@H]2O[C@H](COCc3ccccc3)[C@@H](OCc3ccccc3)[C@H](OCc3ccccc3)[C@@H]2[Se]c2ccccc2)[C@@H](CO[Si](c2ccccc2)(c2ccccc2)C(C)(C)C)O1. The van der Waals surface area contributed by atoms with Crippen molar-refractivity contribution in [1.29, 1.82) is 0 Å². The van der Waals surface area contributed by atoms with Gasteiger partial charge in [-0.2, -0.15) is 0 Å². The van der Waals surface area contributed by atoms with E-state index in [1.807, 2.05) is 72.8 Å². The summed E-state index contributed by atoms with van der Waals surface area (Å²) in [5, 5.41) is 2.14. The number of hydrogen-bond donors (Lipinski definition) is 0. The van der Waals surface area contributed by atoms with Crippen LogP contribution in [0, 0.1) is 0 Å². The average molecular weight is 970 g/mol. The molecular weight excluding hydrogens is 908 g/mol. The van der Waals surface area contributed by atoms with Crippen molar-refractivity contribution in [3.63, 3.8) is 0 Å². The molecule has 66 heavy (non-hydrogen) atoms. The Morgan fingerprint density at radius 3 is 1.53 bits per heavy atom. The second-order valence-corrected chi connectivity index (χ2v) is 24.6. The first kappa shape index (κ1) is 48.0. The van der Waals surface area contributed by atoms with Crippen LogP contribution >= 0.6 is 0 Å². The molecule has 0 bridgehead atoms. The number of methoxy groups -OCH3 is 1. The van der Waals surface area contributed by atoms with Crippen LogP contribution in [0.2, 0.25) is 9.85 Å². The minimum absolute atomic E-state index is 0.188. The molecule has 2 heterocycles. The first-order valence-corrected chi connectivity index (χ1v) is 26.6. The van der Waals surface area contributed by atoms with Gasteiger partial charge in [0.15, 0.2) is 0 Å². The molecule has 6 aromatic rings. The van der Waals surface area contributed by atoms with Crippen molar-refractivity contribution in [2.75, 3.05) is 20.3 Å². The summed E-state index contributed by atoms with van der Waals surface area (Å²) in [4.78, 5) is -0.249. The molecule has 8 nitrogen and oxygen atoms in total. The van der Waals surface area contributed by atoms with Gasteiger partial charge in [0.05, 0.1) is 0 Å². The van der Waals surface area contributed by atoms with E-state index in [2.05, 4.69) is 142 Å². The summed E-state index contributed by atoms with van der Waals surface area (Å²) >= 11 is -0.188. The topological polar surface area (TPSA) is 73.8 Å². The van der Waals surface area contributed by atoms with Gasteiger partial charge in [-0.1, -0.05) is 0 Å². The van der Waals surface area contributed by atoms with Crippen LogP contribution in [0.1, 0.15) is 37.5 Å². The summed E-state index contributed by atoms with van der Waals surface area (Å²) in [7, 11) is -1.29. The Bertz CT molecular complexity index is 2300. The van der Waals surface area contributed by atoms with Crippen molar-refractivity contribution < 1.29 is 37.6 Å². The molecule has 6 aromatic carbocycles. The maximum atomic E-state index is 7.50. The van der Waals surface area contributed by atoms with E-state index in [1.54, 1.807) is 7.11 Å². The molecule has 0 N–H and O–H groups in total. The normalized spacial score (nSPS) is 23.4. The Morgan fingerprint density at radius 1 is 0.530 bits per heavy atom. The first-order chi connectivity index (χ1) is 32.3. The summed E-state index contributed by atoms with van der Waals surface area (Å²) in [5.41, 5.74) is 3.21. The molecule has 0 radical (unpaired) electrons. The molecule has 0 unspecified atom stereocenters. The second kappa shape index (κ2) is 23.5. The van der Waals surface area contributed by atoms with Gasteiger partial charge in [-0.15, -0.1) is 0 Å². The van der Waals surface area contributed by atoms with Crippen molar-refractivity contribution in [1.82, 2.24) is 0 Å². The van der Waals surface area contributed by atoms with Crippen LogP contribution in [0.5, 0.6) is 0 Å². The van der Waals surface area contributed by atoms with Gasteiger partial charge in [0, 0.05) is 0 Å². The summed E-state index contributed by atoms with van der Waals surface area (Å²) in [5.74, 6) is 0. The molecule has 0 amide bonds. The molecule has 0 aliphatic carbocycles. The fraction of sp³-hybridized carbons (Fsp3) is 0.321. The van der Waals surface area contributed by atoms with E-state index in [0.29, 0.717) is 19.8 Å². The second-order valence-electron chi connectivity index (χ2n) is 17.7. The fourth-order valence-corrected chi connectivity index (χ4v) is 16.0. The van der Waals surface area contributed by atoms with Crippen LogP contribution in [0.25, 0.3) is 0 Å². The molecule has 10 heteroatoms. The van der Waals surface area contributed by atoms with Crippen molar-refractivity contribution in [2.24, 2.45) is 0 Å². The molecular formula is C56H62O8SeSi. The summed E-state index contributed by atoms with van der Waals surface area (Å²) < 4.78 is 56.5. The molecule has 2 aliphatic heterocycles. The van der Waals surface area contributed by atoms with Gasteiger partial charge in [0.1, 0.15) is 0 Å². The molecule has 344 valence electrons. The molecule has 8 atom stereocenters. The van der Waals surface area contributed by atoms with E-state index in [-0.39, 0.29) is 38.0 Å². The van der Waals surface area contributed by atoms with E-state index >= 15 is 0 Å². The Labute approximate surface area is 398 Å². The van der Waals surface area contributed by atoms with E-state index in [1.165, 1.54) is 14.8 Å². The van der Waals surface area contributed by atoms with Crippen LogP contribution in [0.3, 0.4) is 0 Å². The van der Waals surface area contributed by atoms with Crippen LogP contribution in [-0.4, -0.2) is 86.7 Å². The van der Waals surface area contributed by atoms with Gasteiger partial charge >= 0.3 is 400 Å². The molecule has 1 fully saturated rings. The minimum atomic E-state index is -2.95. The molecule has 0 spiro atoms. The van der Waals surface area contributed by atoms with E-state index in [9.17, 15) is 0 Å². The molecule has 0 saturated carbocycles. The van der Waals surface area contributed by atoms with Gasteiger partial charge in [0.2, 0.25) is 0 Å². The molecule has 8 rings (SSSR count). The average Bonchev–Trinajstić information content (AvgIpc) is 3.36. The Hall–Kier alpha value is -4.52. The van der Waals surface area contributed by atoms with Crippen LogP contribution < -0.4 is 14.8 Å². The van der Waals surface area contributed by atoms with Crippen LogP contribution in [0.4, 0.5) is 0 Å². The van der Waals surface area contributed by atoms with Gasteiger partial charge < -0.3 is 0 Å². The van der Waals surface area contributed by atoms with Crippen molar-refractivity contribution in [3.05, 3.63) is 211 Å². The van der Waals surface area contributed by atoms with Crippen LogP contribution in [-0.2, 0) is 57.4 Å². The zero-order chi connectivity index (χ0) is 45.6. The summed E-state index contributed by atoms with van der Waals surface area (Å²) in [6.45, 7) is 8.55. The van der Waals surface area contributed by atoms with Gasteiger partial charge in [-0.05, 0) is 0 Å². The molecule has 1 saturated heterocycles. The van der Waals surface area contributed by atoms with Gasteiger partial charge in [-0.25, -0.2) is 0 Å². The standard InChI is InChI=1S/C56H62O8SeSi/c1-56(2,3)66(46-31-19-9-20-32-46,47-33-21-10-22-34-47)61-41-49-48(35-36-51(57-4)62-49)63-55-54(65-45-29-17-8-18-30-45)53(60-39-44-27-15-7-16-28-44)52(59-38-43-25-13-6-14-26-43)50(64-55)40-58-37-42-23-11-5-12-24-42/h5-36,48-55H,37-41H2,1-4H3/t48-,49+,50+,51-,52+,53-,54-,55-/m0/s1. The molecule has 0 aromatic heterocycles. The van der Waals surface area contributed by atoms with Gasteiger partial charge in [0.25, 0.3) is 0 Å². The number of benzene rings is 6. The third kappa shape index (κ3) is 12.1. The van der Waals surface area contributed by atoms with E-state index in [0.717, 1.165) is 16.7 Å². The monoisotopic (exact) mass is 970 g/mol. The third-order valence-electron chi connectivity index (χ3n) is 12.1. The predicted molar refractivity (Wildman–Crippen MR) is 264 cm³/mol.